The highest BCUT2D eigenvalue weighted by molar-refractivity contribution is 7.46. The summed E-state index contributed by atoms with van der Waals surface area (Å²) in [6.07, 6.45) is -2.59. The Labute approximate surface area is 116 Å². The zero-order valence-electron chi connectivity index (χ0n) is 10.4. The molecular weight excluding hydrogens is 314 g/mol. The standard InChI is InChI=1S/C9H12FN2O8P/c10-9(4-19-21(16,17)18)3-5(13)7(20-9)12-2-1-6(14)11-8(12)15/h1-2,5,7,13H,3-4H2,(H,11,14,15)(H2,16,17,18)/t5-,7-,9+/m1/s1. The Kier molecular flexibility index (Phi) is 4.15. The van der Waals surface area contributed by atoms with Gasteiger partial charge in [0.25, 0.3) is 5.56 Å². The number of ether oxygens (including phenoxy) is 1. The second-order valence-corrected chi connectivity index (χ2v) is 5.68. The van der Waals surface area contributed by atoms with Crippen LogP contribution in [0.3, 0.4) is 0 Å². The van der Waals surface area contributed by atoms with Crippen LogP contribution in [0.4, 0.5) is 4.39 Å². The van der Waals surface area contributed by atoms with Crippen molar-refractivity contribution in [2.24, 2.45) is 0 Å². The summed E-state index contributed by atoms with van der Waals surface area (Å²) in [5.41, 5.74) is -1.60. The number of hydrogen-bond acceptors (Lipinski definition) is 6. The van der Waals surface area contributed by atoms with Crippen molar-refractivity contribution in [1.29, 1.82) is 0 Å². The number of phosphoric ester groups is 1. The van der Waals surface area contributed by atoms with Gasteiger partial charge in [0.2, 0.25) is 5.85 Å². The van der Waals surface area contributed by atoms with E-state index in [4.69, 9.17) is 14.5 Å². The van der Waals surface area contributed by atoms with E-state index in [1.807, 2.05) is 4.98 Å². The molecule has 1 aliphatic rings. The number of rotatable bonds is 4. The number of phosphoric acid groups is 1. The van der Waals surface area contributed by atoms with Crippen LogP contribution in [-0.2, 0) is 13.8 Å². The van der Waals surface area contributed by atoms with Crippen LogP contribution < -0.4 is 11.2 Å². The first-order chi connectivity index (χ1) is 9.60. The molecule has 12 heteroatoms. The molecule has 1 aromatic heterocycles. The first-order valence-corrected chi connectivity index (χ1v) is 7.19. The summed E-state index contributed by atoms with van der Waals surface area (Å²) in [6, 6.07) is 0.974. The van der Waals surface area contributed by atoms with Gasteiger partial charge >= 0.3 is 13.5 Å². The second-order valence-electron chi connectivity index (χ2n) is 4.44. The highest BCUT2D eigenvalue weighted by Crippen LogP contribution is 2.42. The number of halogens is 1. The Morgan fingerprint density at radius 3 is 2.81 bits per heavy atom. The molecule has 0 bridgehead atoms. The van der Waals surface area contributed by atoms with Crippen LogP contribution in [0.15, 0.2) is 21.9 Å². The molecule has 118 valence electrons. The third-order valence-electron chi connectivity index (χ3n) is 2.75. The molecule has 1 saturated heterocycles. The second kappa shape index (κ2) is 5.44. The predicted octanol–water partition coefficient (Wildman–Crippen LogP) is -1.41. The number of nitrogens with one attached hydrogen (secondary N) is 1. The van der Waals surface area contributed by atoms with E-state index in [2.05, 4.69) is 4.52 Å². The number of aromatic amines is 1. The van der Waals surface area contributed by atoms with Crippen molar-refractivity contribution in [3.05, 3.63) is 33.1 Å². The number of H-pyrrole nitrogens is 1. The molecule has 4 N–H and O–H groups in total. The minimum Gasteiger partial charge on any atom is -0.388 e. The lowest BCUT2D eigenvalue weighted by atomic mass is 10.2. The fourth-order valence-corrected chi connectivity index (χ4v) is 2.26. The van der Waals surface area contributed by atoms with E-state index in [1.165, 1.54) is 0 Å². The molecule has 21 heavy (non-hydrogen) atoms. The zero-order chi connectivity index (χ0) is 15.8. The number of hydrogen-bond donors (Lipinski definition) is 4. The van der Waals surface area contributed by atoms with Crippen molar-refractivity contribution in [3.8, 4) is 0 Å². The maximum absolute atomic E-state index is 14.2. The van der Waals surface area contributed by atoms with Gasteiger partial charge in [-0.05, 0) is 0 Å². The molecule has 3 atom stereocenters. The lowest BCUT2D eigenvalue weighted by Gasteiger charge is -2.21. The number of nitrogens with zero attached hydrogens (tertiary/aromatic N) is 1. The van der Waals surface area contributed by atoms with Crippen molar-refractivity contribution in [1.82, 2.24) is 9.55 Å². The smallest absolute Gasteiger partial charge is 0.388 e. The van der Waals surface area contributed by atoms with E-state index in [-0.39, 0.29) is 0 Å². The molecule has 0 saturated carbocycles. The molecule has 10 nitrogen and oxygen atoms in total. The molecule has 0 spiro atoms. The van der Waals surface area contributed by atoms with Crippen LogP contribution >= 0.6 is 7.82 Å². The lowest BCUT2D eigenvalue weighted by molar-refractivity contribution is -0.178. The van der Waals surface area contributed by atoms with E-state index in [0.717, 1.165) is 16.8 Å². The van der Waals surface area contributed by atoms with Gasteiger partial charge in [-0.25, -0.2) is 13.8 Å². The van der Waals surface area contributed by atoms with E-state index >= 15 is 0 Å². The maximum atomic E-state index is 14.2. The first-order valence-electron chi connectivity index (χ1n) is 5.66. The van der Waals surface area contributed by atoms with E-state index in [9.17, 15) is 23.7 Å². The number of aromatic nitrogens is 2. The fourth-order valence-electron chi connectivity index (χ4n) is 1.90. The predicted molar refractivity (Wildman–Crippen MR) is 63.9 cm³/mol. The molecule has 2 heterocycles. The fraction of sp³-hybridized carbons (Fsp3) is 0.556. The molecular formula is C9H12FN2O8P. The van der Waals surface area contributed by atoms with Gasteiger partial charge in [0.05, 0.1) is 0 Å². The molecule has 1 fully saturated rings. The minimum atomic E-state index is -4.91. The number of aliphatic hydroxyl groups excluding tert-OH is 1. The summed E-state index contributed by atoms with van der Waals surface area (Å²) < 4.78 is 34.3. The van der Waals surface area contributed by atoms with Crippen LogP contribution in [0.5, 0.6) is 0 Å². The Bertz CT molecular complexity index is 683. The van der Waals surface area contributed by atoms with Crippen molar-refractivity contribution in [2.75, 3.05) is 6.61 Å². The Balaban J connectivity index is 2.19. The molecule has 1 aliphatic heterocycles. The summed E-state index contributed by atoms with van der Waals surface area (Å²) in [5.74, 6) is -2.68. The van der Waals surface area contributed by atoms with Gasteiger partial charge in [-0.15, -0.1) is 0 Å². The van der Waals surface area contributed by atoms with Gasteiger partial charge in [-0.3, -0.25) is 18.9 Å². The van der Waals surface area contributed by atoms with E-state index < -0.39 is 50.3 Å². The van der Waals surface area contributed by atoms with E-state index in [0.29, 0.717) is 0 Å². The van der Waals surface area contributed by atoms with Crippen LogP contribution in [0.2, 0.25) is 0 Å². The largest absolute Gasteiger partial charge is 0.469 e. The molecule has 0 radical (unpaired) electrons. The SMILES string of the molecule is O=c1ccn([C@@H]2O[C@](F)(COP(=O)(O)O)C[C@H]2O)c(=O)[nH]1. The normalized spacial score (nSPS) is 29.7. The van der Waals surface area contributed by atoms with Gasteiger partial charge in [0.15, 0.2) is 6.23 Å². The number of aliphatic hydroxyl groups is 1. The monoisotopic (exact) mass is 326 g/mol. The van der Waals surface area contributed by atoms with Crippen LogP contribution in [0.25, 0.3) is 0 Å². The van der Waals surface area contributed by atoms with Crippen molar-refractivity contribution >= 4 is 7.82 Å². The quantitative estimate of drug-likeness (QED) is 0.493. The third-order valence-corrected chi connectivity index (χ3v) is 3.21. The van der Waals surface area contributed by atoms with Gasteiger partial charge < -0.3 is 19.6 Å². The zero-order valence-corrected chi connectivity index (χ0v) is 11.3. The first kappa shape index (κ1) is 16.0. The summed E-state index contributed by atoms with van der Waals surface area (Å²) in [4.78, 5) is 41.4. The Morgan fingerprint density at radius 1 is 1.57 bits per heavy atom. The maximum Gasteiger partial charge on any atom is 0.469 e. The van der Waals surface area contributed by atoms with Crippen molar-refractivity contribution in [3.63, 3.8) is 0 Å². The summed E-state index contributed by atoms with van der Waals surface area (Å²) in [7, 11) is -4.91. The van der Waals surface area contributed by atoms with Gasteiger partial charge in [-0.1, -0.05) is 0 Å². The molecule has 0 unspecified atom stereocenters. The Morgan fingerprint density at radius 2 is 2.24 bits per heavy atom. The summed E-state index contributed by atoms with van der Waals surface area (Å²) >= 11 is 0. The average Bonchev–Trinajstić information content (AvgIpc) is 2.63. The highest BCUT2D eigenvalue weighted by atomic mass is 31.2. The summed E-state index contributed by atoms with van der Waals surface area (Å²) in [6.45, 7) is -1.12. The van der Waals surface area contributed by atoms with Crippen LogP contribution in [0.1, 0.15) is 12.6 Å². The van der Waals surface area contributed by atoms with Gasteiger partial charge in [0, 0.05) is 18.7 Å². The topological polar surface area (TPSA) is 151 Å². The van der Waals surface area contributed by atoms with Crippen molar-refractivity contribution < 1.29 is 33.1 Å². The molecule has 1 aromatic rings. The number of alkyl halides is 1. The van der Waals surface area contributed by atoms with Crippen molar-refractivity contribution in [2.45, 2.75) is 24.6 Å². The third kappa shape index (κ3) is 3.84. The molecule has 0 aromatic carbocycles. The molecule has 0 amide bonds. The molecule has 2 rings (SSSR count). The highest BCUT2D eigenvalue weighted by Gasteiger charge is 2.49. The van der Waals surface area contributed by atoms with Gasteiger partial charge in [0.1, 0.15) is 12.7 Å². The summed E-state index contributed by atoms with van der Waals surface area (Å²) in [5, 5.41) is 9.73. The average molecular weight is 326 g/mol. The lowest BCUT2D eigenvalue weighted by Crippen LogP contribution is -2.35. The van der Waals surface area contributed by atoms with Gasteiger partial charge in [-0.2, -0.15) is 0 Å². The Hall–Kier alpha value is -1.36. The minimum absolute atomic E-state index is 0.663. The van der Waals surface area contributed by atoms with Crippen LogP contribution in [-0.4, -0.2) is 43.0 Å². The molecule has 0 aliphatic carbocycles. The van der Waals surface area contributed by atoms with E-state index in [1.54, 1.807) is 0 Å². The van der Waals surface area contributed by atoms with Crippen LogP contribution in [0, 0.1) is 0 Å².